The predicted octanol–water partition coefficient (Wildman–Crippen LogP) is 1.86. The van der Waals surface area contributed by atoms with Crippen molar-refractivity contribution in [2.24, 2.45) is 0 Å². The highest BCUT2D eigenvalue weighted by molar-refractivity contribution is 7.11. The molecular formula is C13H21N3O3S. The van der Waals surface area contributed by atoms with Crippen LogP contribution in [-0.2, 0) is 11.3 Å². The Morgan fingerprint density at radius 2 is 2.20 bits per heavy atom. The summed E-state index contributed by atoms with van der Waals surface area (Å²) in [6, 6.07) is 0. The summed E-state index contributed by atoms with van der Waals surface area (Å²) in [6.45, 7) is 9.84. The quantitative estimate of drug-likeness (QED) is 0.923. The number of ether oxygens (including phenoxy) is 2. The molecule has 0 aromatic carbocycles. The molecule has 1 N–H and O–H groups in total. The Balaban J connectivity index is 1.84. The highest BCUT2D eigenvalue weighted by atomic mass is 32.1. The second-order valence-electron chi connectivity index (χ2n) is 5.76. The molecule has 1 aliphatic heterocycles. The Bertz CT molecular complexity index is 450. The van der Waals surface area contributed by atoms with E-state index in [-0.39, 0.29) is 5.54 Å². The first-order chi connectivity index (χ1) is 9.42. The Morgan fingerprint density at radius 1 is 1.50 bits per heavy atom. The van der Waals surface area contributed by atoms with Crippen LogP contribution in [0.5, 0.6) is 5.19 Å². The lowest BCUT2D eigenvalue weighted by molar-refractivity contribution is 0.0337. The van der Waals surface area contributed by atoms with Crippen molar-refractivity contribution >= 4 is 17.4 Å². The average Bonchev–Trinajstić information content (AvgIpc) is 2.75. The fraction of sp³-hybridized carbons (Fsp3) is 0.692. The molecule has 7 heteroatoms. The maximum atomic E-state index is 11.6. The number of nitrogens with one attached hydrogen (secondary N) is 1. The lowest BCUT2D eigenvalue weighted by atomic mass is 10.1. The number of hydrogen-bond acceptors (Lipinski definition) is 6. The van der Waals surface area contributed by atoms with Crippen LogP contribution < -0.4 is 10.1 Å². The number of carbonyl (C=O) groups is 1. The third-order valence-electron chi connectivity index (χ3n) is 2.68. The van der Waals surface area contributed by atoms with E-state index >= 15 is 0 Å². The predicted molar refractivity (Wildman–Crippen MR) is 77.1 cm³/mol. The van der Waals surface area contributed by atoms with E-state index in [0.29, 0.717) is 5.19 Å². The molecular weight excluding hydrogens is 278 g/mol. The van der Waals surface area contributed by atoms with Gasteiger partial charge in [0, 0.05) is 30.6 Å². The molecule has 112 valence electrons. The molecule has 1 aromatic heterocycles. The highest BCUT2D eigenvalue weighted by Gasteiger charge is 2.17. The van der Waals surface area contributed by atoms with Gasteiger partial charge in [0.2, 0.25) is 0 Å². The minimum Gasteiger partial charge on any atom is -0.381 e. The number of hydrogen-bond donors (Lipinski definition) is 1. The van der Waals surface area contributed by atoms with Gasteiger partial charge in [0.05, 0.1) is 18.9 Å². The molecule has 0 aliphatic carbocycles. The Labute approximate surface area is 123 Å². The van der Waals surface area contributed by atoms with Crippen molar-refractivity contribution in [3.05, 3.63) is 11.1 Å². The third kappa shape index (κ3) is 5.07. The zero-order valence-electron chi connectivity index (χ0n) is 12.1. The summed E-state index contributed by atoms with van der Waals surface area (Å²) in [5.41, 5.74) is 0.612. The highest BCUT2D eigenvalue weighted by Crippen LogP contribution is 2.20. The largest absolute Gasteiger partial charge is 0.414 e. The topological polar surface area (TPSA) is 63.7 Å². The van der Waals surface area contributed by atoms with Gasteiger partial charge >= 0.3 is 6.09 Å². The van der Waals surface area contributed by atoms with Crippen molar-refractivity contribution in [3.63, 3.8) is 0 Å². The molecule has 2 heterocycles. The molecule has 0 unspecified atom stereocenters. The molecule has 1 saturated heterocycles. The second-order valence-corrected chi connectivity index (χ2v) is 6.58. The van der Waals surface area contributed by atoms with Gasteiger partial charge in [-0.3, -0.25) is 4.90 Å². The molecule has 6 nitrogen and oxygen atoms in total. The number of morpholine rings is 1. The van der Waals surface area contributed by atoms with Gasteiger partial charge in [-0.2, -0.15) is 0 Å². The van der Waals surface area contributed by atoms with Crippen molar-refractivity contribution in [3.8, 4) is 5.19 Å². The van der Waals surface area contributed by atoms with Gasteiger partial charge in [-0.05, 0) is 20.8 Å². The summed E-state index contributed by atoms with van der Waals surface area (Å²) in [4.78, 5) is 18.2. The number of amides is 1. The fourth-order valence-electron chi connectivity index (χ4n) is 1.81. The standard InChI is InChI=1S/C13H21N3O3S/c1-13(2,3)15-11(17)19-12-14-10(9-20-12)8-16-4-6-18-7-5-16/h9H,4-8H2,1-3H3,(H,15,17). The molecule has 0 saturated carbocycles. The van der Waals surface area contributed by atoms with Gasteiger partial charge in [-0.15, -0.1) is 0 Å². The minimum atomic E-state index is -0.468. The van der Waals surface area contributed by atoms with Crippen LogP contribution in [0, 0.1) is 0 Å². The maximum Gasteiger partial charge on any atom is 0.414 e. The molecule has 0 atom stereocenters. The zero-order valence-corrected chi connectivity index (χ0v) is 13.0. The van der Waals surface area contributed by atoms with Crippen molar-refractivity contribution < 1.29 is 14.3 Å². The summed E-state index contributed by atoms with van der Waals surface area (Å²) < 4.78 is 10.5. The van der Waals surface area contributed by atoms with Crippen molar-refractivity contribution in [1.82, 2.24) is 15.2 Å². The van der Waals surface area contributed by atoms with E-state index in [0.717, 1.165) is 38.5 Å². The van der Waals surface area contributed by atoms with E-state index in [2.05, 4.69) is 15.2 Å². The SMILES string of the molecule is CC(C)(C)NC(=O)Oc1nc(CN2CCOCC2)cs1. The summed E-state index contributed by atoms with van der Waals surface area (Å²) in [5, 5.41) is 5.05. The molecule has 1 amide bonds. The minimum absolute atomic E-state index is 0.315. The number of thiazole rings is 1. The van der Waals surface area contributed by atoms with Gasteiger partial charge < -0.3 is 14.8 Å². The zero-order chi connectivity index (χ0) is 14.6. The fourth-order valence-corrected chi connectivity index (χ4v) is 2.47. The van der Waals surface area contributed by atoms with Gasteiger partial charge in [-0.1, -0.05) is 11.3 Å². The monoisotopic (exact) mass is 299 g/mol. The molecule has 2 rings (SSSR count). The van der Waals surface area contributed by atoms with E-state index in [1.54, 1.807) is 0 Å². The van der Waals surface area contributed by atoms with Crippen molar-refractivity contribution in [1.29, 1.82) is 0 Å². The number of rotatable bonds is 3. The van der Waals surface area contributed by atoms with Crippen LogP contribution in [0.1, 0.15) is 26.5 Å². The molecule has 0 spiro atoms. The van der Waals surface area contributed by atoms with Gasteiger partial charge in [0.15, 0.2) is 0 Å². The van der Waals surface area contributed by atoms with Crippen LogP contribution in [0.4, 0.5) is 4.79 Å². The van der Waals surface area contributed by atoms with Gasteiger partial charge in [0.1, 0.15) is 0 Å². The Morgan fingerprint density at radius 3 is 2.85 bits per heavy atom. The number of carbonyl (C=O) groups excluding carboxylic acids is 1. The Hall–Kier alpha value is -1.18. The first kappa shape index (κ1) is 15.2. The maximum absolute atomic E-state index is 11.6. The molecule has 20 heavy (non-hydrogen) atoms. The van der Waals surface area contributed by atoms with E-state index in [1.165, 1.54) is 11.3 Å². The van der Waals surface area contributed by atoms with Crippen LogP contribution in [0.15, 0.2) is 5.38 Å². The second kappa shape index (κ2) is 6.51. The number of aromatic nitrogens is 1. The summed E-state index contributed by atoms with van der Waals surface area (Å²) in [6.07, 6.45) is -0.468. The lowest BCUT2D eigenvalue weighted by Crippen LogP contribution is -2.42. The van der Waals surface area contributed by atoms with Crippen molar-refractivity contribution in [2.45, 2.75) is 32.9 Å². The summed E-state index contributed by atoms with van der Waals surface area (Å²) >= 11 is 1.34. The van der Waals surface area contributed by atoms with E-state index < -0.39 is 6.09 Å². The summed E-state index contributed by atoms with van der Waals surface area (Å²) in [5.74, 6) is 0. The first-order valence-corrected chi connectivity index (χ1v) is 7.55. The lowest BCUT2D eigenvalue weighted by Gasteiger charge is -2.25. The molecule has 1 aromatic rings. The molecule has 1 aliphatic rings. The van der Waals surface area contributed by atoms with Crippen LogP contribution in [-0.4, -0.2) is 47.8 Å². The summed E-state index contributed by atoms with van der Waals surface area (Å²) in [7, 11) is 0. The van der Waals surface area contributed by atoms with Crippen LogP contribution in [0.25, 0.3) is 0 Å². The third-order valence-corrected chi connectivity index (χ3v) is 3.44. The van der Waals surface area contributed by atoms with Gasteiger partial charge in [-0.25, -0.2) is 9.78 Å². The van der Waals surface area contributed by atoms with E-state index in [1.807, 2.05) is 26.2 Å². The van der Waals surface area contributed by atoms with Crippen LogP contribution in [0.3, 0.4) is 0 Å². The first-order valence-electron chi connectivity index (χ1n) is 6.67. The Kier molecular flexibility index (Phi) is 4.95. The van der Waals surface area contributed by atoms with Gasteiger partial charge in [0.25, 0.3) is 5.19 Å². The van der Waals surface area contributed by atoms with Crippen molar-refractivity contribution in [2.75, 3.05) is 26.3 Å². The van der Waals surface area contributed by atoms with E-state index in [9.17, 15) is 4.79 Å². The smallest absolute Gasteiger partial charge is 0.381 e. The molecule has 1 fully saturated rings. The molecule has 0 bridgehead atoms. The van der Waals surface area contributed by atoms with E-state index in [4.69, 9.17) is 9.47 Å². The van der Waals surface area contributed by atoms with Crippen LogP contribution >= 0.6 is 11.3 Å². The average molecular weight is 299 g/mol. The number of nitrogens with zero attached hydrogens (tertiary/aromatic N) is 2. The molecule has 0 radical (unpaired) electrons. The van der Waals surface area contributed by atoms with Crippen LogP contribution in [0.2, 0.25) is 0 Å². The normalized spacial score (nSPS) is 16.9.